The van der Waals surface area contributed by atoms with Crippen molar-refractivity contribution in [3.05, 3.63) is 28.7 Å². The zero-order chi connectivity index (χ0) is 18.2. The van der Waals surface area contributed by atoms with E-state index in [9.17, 15) is 13.2 Å². The minimum atomic E-state index is -3.86. The number of likely N-dealkylation sites (tertiary alicyclic amines) is 1. The van der Waals surface area contributed by atoms with Gasteiger partial charge >= 0.3 is 0 Å². The van der Waals surface area contributed by atoms with Gasteiger partial charge in [0.25, 0.3) is 15.9 Å². The summed E-state index contributed by atoms with van der Waals surface area (Å²) in [6.07, 6.45) is 3.81. The molecule has 3 rings (SSSR count). The number of nitrogens with one attached hydrogen (secondary N) is 1. The average Bonchev–Trinajstić information content (AvgIpc) is 3.26. The van der Waals surface area contributed by atoms with E-state index in [0.717, 1.165) is 17.8 Å². The number of amides is 1. The highest BCUT2D eigenvalue weighted by molar-refractivity contribution is 7.93. The summed E-state index contributed by atoms with van der Waals surface area (Å²) in [4.78, 5) is 14.8. The molecule has 2 aromatic rings. The van der Waals surface area contributed by atoms with Crippen molar-refractivity contribution in [2.45, 2.75) is 24.3 Å². The molecule has 12 heteroatoms. The summed E-state index contributed by atoms with van der Waals surface area (Å²) in [5.41, 5.74) is 6.07. The number of halogens is 2. The standard InChI is InChI=1S/C15H21N5O3S2.2ClH/c1-10-5-11(6-16)8-20(10)15(21)14-13(3-4-24-14)25(22,23)18-12-7-17-19(2)9-12;;/h3-4,7,9-11,18H,5-6,8,16H2,1-2H3;2*1H. The van der Waals surface area contributed by atoms with E-state index in [4.69, 9.17) is 5.73 Å². The number of carbonyl (C=O) groups is 1. The van der Waals surface area contributed by atoms with Crippen molar-refractivity contribution < 1.29 is 13.2 Å². The van der Waals surface area contributed by atoms with Gasteiger partial charge in [0, 0.05) is 25.8 Å². The topological polar surface area (TPSA) is 110 Å². The van der Waals surface area contributed by atoms with Gasteiger partial charge in [0.15, 0.2) is 0 Å². The molecule has 8 nitrogen and oxygen atoms in total. The highest BCUT2D eigenvalue weighted by Gasteiger charge is 2.35. The molecular formula is C15H23Cl2N5O3S2. The molecule has 2 aromatic heterocycles. The lowest BCUT2D eigenvalue weighted by Crippen LogP contribution is -2.34. The number of aromatic nitrogens is 2. The summed E-state index contributed by atoms with van der Waals surface area (Å²) < 4.78 is 29.3. The van der Waals surface area contributed by atoms with Crippen LogP contribution in [0.2, 0.25) is 0 Å². The SMILES string of the molecule is CC1CC(CN)CN1C(=O)c1sccc1S(=O)(=O)Nc1cnn(C)c1.Cl.Cl. The molecule has 1 amide bonds. The zero-order valence-electron chi connectivity index (χ0n) is 14.9. The van der Waals surface area contributed by atoms with Crippen LogP contribution < -0.4 is 10.5 Å². The highest BCUT2D eigenvalue weighted by atomic mass is 35.5. The minimum absolute atomic E-state index is 0. The van der Waals surface area contributed by atoms with Crippen LogP contribution in [0.25, 0.3) is 0 Å². The van der Waals surface area contributed by atoms with Gasteiger partial charge in [-0.05, 0) is 37.3 Å². The molecule has 27 heavy (non-hydrogen) atoms. The van der Waals surface area contributed by atoms with Crippen molar-refractivity contribution in [3.8, 4) is 0 Å². The average molecular weight is 456 g/mol. The normalized spacial score (nSPS) is 19.3. The van der Waals surface area contributed by atoms with E-state index in [2.05, 4.69) is 9.82 Å². The number of sulfonamides is 1. The largest absolute Gasteiger partial charge is 0.335 e. The maximum atomic E-state index is 12.9. The Bertz CT molecular complexity index is 884. The predicted molar refractivity (Wildman–Crippen MR) is 110 cm³/mol. The number of nitrogens with zero attached hydrogens (tertiary/aromatic N) is 3. The Kier molecular flexibility index (Phi) is 8.12. The quantitative estimate of drug-likeness (QED) is 0.715. The first-order valence-corrected chi connectivity index (χ1v) is 10.3. The summed E-state index contributed by atoms with van der Waals surface area (Å²) in [5, 5.41) is 5.55. The van der Waals surface area contributed by atoms with Gasteiger partial charge < -0.3 is 10.6 Å². The van der Waals surface area contributed by atoms with Gasteiger partial charge in [-0.2, -0.15) is 5.10 Å². The molecule has 1 fully saturated rings. The van der Waals surface area contributed by atoms with Crippen LogP contribution in [-0.2, 0) is 17.1 Å². The second kappa shape index (κ2) is 9.24. The van der Waals surface area contributed by atoms with Gasteiger partial charge in [-0.15, -0.1) is 36.2 Å². The molecule has 1 aliphatic rings. The van der Waals surface area contributed by atoms with Gasteiger partial charge in [0.05, 0.1) is 11.9 Å². The Morgan fingerprint density at radius 2 is 2.15 bits per heavy atom. The molecule has 2 atom stereocenters. The smallest absolute Gasteiger partial charge is 0.265 e. The van der Waals surface area contributed by atoms with Gasteiger partial charge in [0.1, 0.15) is 9.77 Å². The third-order valence-corrected chi connectivity index (χ3v) is 6.78. The second-order valence-corrected chi connectivity index (χ2v) is 8.83. The van der Waals surface area contributed by atoms with Crippen molar-refractivity contribution in [3.63, 3.8) is 0 Å². The number of rotatable bonds is 5. The van der Waals surface area contributed by atoms with E-state index >= 15 is 0 Å². The van der Waals surface area contributed by atoms with Crippen molar-refractivity contribution in [2.24, 2.45) is 18.7 Å². The van der Waals surface area contributed by atoms with Gasteiger partial charge in [-0.1, -0.05) is 0 Å². The molecule has 0 bridgehead atoms. The summed E-state index contributed by atoms with van der Waals surface area (Å²) >= 11 is 1.14. The fourth-order valence-electron chi connectivity index (χ4n) is 3.08. The van der Waals surface area contributed by atoms with Crippen LogP contribution >= 0.6 is 36.2 Å². The fourth-order valence-corrected chi connectivity index (χ4v) is 5.48. The summed E-state index contributed by atoms with van der Waals surface area (Å²) in [7, 11) is -2.17. The summed E-state index contributed by atoms with van der Waals surface area (Å²) in [6.45, 7) is 3.04. The number of hydrogen-bond donors (Lipinski definition) is 2. The van der Waals surface area contributed by atoms with Gasteiger partial charge in [-0.3, -0.25) is 14.2 Å². The third kappa shape index (κ3) is 4.94. The maximum absolute atomic E-state index is 12.9. The Morgan fingerprint density at radius 1 is 1.44 bits per heavy atom. The van der Waals surface area contributed by atoms with E-state index < -0.39 is 10.0 Å². The monoisotopic (exact) mass is 455 g/mol. The Morgan fingerprint density at radius 3 is 2.70 bits per heavy atom. The lowest BCUT2D eigenvalue weighted by Gasteiger charge is -2.21. The van der Waals surface area contributed by atoms with Gasteiger partial charge in [-0.25, -0.2) is 8.42 Å². The molecule has 2 unspecified atom stereocenters. The first kappa shape index (κ1) is 23.7. The number of hydrogen-bond acceptors (Lipinski definition) is 6. The summed E-state index contributed by atoms with van der Waals surface area (Å²) in [6, 6.07) is 1.50. The van der Waals surface area contributed by atoms with Crippen molar-refractivity contribution in [1.29, 1.82) is 0 Å². The van der Waals surface area contributed by atoms with Crippen molar-refractivity contribution >= 4 is 57.8 Å². The first-order chi connectivity index (χ1) is 11.8. The minimum Gasteiger partial charge on any atom is -0.335 e. The van der Waals surface area contributed by atoms with Crippen LogP contribution in [0.1, 0.15) is 23.0 Å². The number of carbonyl (C=O) groups excluding carboxylic acids is 1. The third-order valence-electron chi connectivity index (χ3n) is 4.33. The Labute approximate surface area is 175 Å². The van der Waals surface area contributed by atoms with Crippen LogP contribution in [0.4, 0.5) is 5.69 Å². The number of anilines is 1. The predicted octanol–water partition coefficient (Wildman–Crippen LogP) is 1.94. The molecule has 0 spiro atoms. The van der Waals surface area contributed by atoms with Crippen LogP contribution in [0, 0.1) is 5.92 Å². The molecule has 0 aliphatic carbocycles. The lowest BCUT2D eigenvalue weighted by atomic mass is 10.1. The molecule has 0 saturated carbocycles. The molecule has 1 aliphatic heterocycles. The van der Waals surface area contributed by atoms with Gasteiger partial charge in [0.2, 0.25) is 0 Å². The molecular weight excluding hydrogens is 433 g/mol. The van der Waals surface area contributed by atoms with E-state index in [1.807, 2.05) is 6.92 Å². The Hall–Kier alpha value is -1.33. The molecule has 1 saturated heterocycles. The number of aryl methyl sites for hydroxylation is 1. The number of thiophene rings is 1. The van der Waals surface area contributed by atoms with E-state index in [1.165, 1.54) is 16.9 Å². The molecule has 0 radical (unpaired) electrons. The first-order valence-electron chi connectivity index (χ1n) is 7.92. The molecule has 3 heterocycles. The summed E-state index contributed by atoms with van der Waals surface area (Å²) in [5.74, 6) is -0.00232. The van der Waals surface area contributed by atoms with E-state index in [-0.39, 0.29) is 52.5 Å². The number of nitrogens with two attached hydrogens (primary N) is 1. The Balaban J connectivity index is 0.00000182. The fraction of sp³-hybridized carbons (Fsp3) is 0.467. The van der Waals surface area contributed by atoms with E-state index in [1.54, 1.807) is 23.5 Å². The van der Waals surface area contributed by atoms with Crippen molar-refractivity contribution in [1.82, 2.24) is 14.7 Å². The molecule has 0 aromatic carbocycles. The molecule has 152 valence electrons. The van der Waals surface area contributed by atoms with Crippen molar-refractivity contribution in [2.75, 3.05) is 17.8 Å². The van der Waals surface area contributed by atoms with Crippen LogP contribution in [0.15, 0.2) is 28.7 Å². The highest BCUT2D eigenvalue weighted by Crippen LogP contribution is 2.30. The maximum Gasteiger partial charge on any atom is 0.265 e. The van der Waals surface area contributed by atoms with Crippen LogP contribution in [0.5, 0.6) is 0 Å². The van der Waals surface area contributed by atoms with Crippen LogP contribution in [0.3, 0.4) is 0 Å². The second-order valence-electron chi connectivity index (χ2n) is 6.27. The zero-order valence-corrected chi connectivity index (χ0v) is 18.1. The lowest BCUT2D eigenvalue weighted by molar-refractivity contribution is 0.0745. The molecule has 3 N–H and O–H groups in total. The van der Waals surface area contributed by atoms with E-state index in [0.29, 0.717) is 18.8 Å². The van der Waals surface area contributed by atoms with Crippen LogP contribution in [-0.4, -0.2) is 48.1 Å².